The summed E-state index contributed by atoms with van der Waals surface area (Å²) < 4.78 is 0. The van der Waals surface area contributed by atoms with Crippen LogP contribution in [0.5, 0.6) is 0 Å². The van der Waals surface area contributed by atoms with Gasteiger partial charge < -0.3 is 5.32 Å². The third-order valence-electron chi connectivity index (χ3n) is 5.90. The van der Waals surface area contributed by atoms with Gasteiger partial charge in [0.15, 0.2) is 5.70 Å². The van der Waals surface area contributed by atoms with Crippen molar-refractivity contribution >= 4 is 17.5 Å². The molecule has 0 aromatic heterocycles. The molecule has 0 unspecified atom stereocenters. The van der Waals surface area contributed by atoms with Crippen LogP contribution in [0, 0.1) is 17.2 Å². The number of carbonyl (C=O) groups is 1. The van der Waals surface area contributed by atoms with Gasteiger partial charge >= 0.3 is 0 Å². The van der Waals surface area contributed by atoms with Crippen LogP contribution in [0.15, 0.2) is 36.2 Å². The van der Waals surface area contributed by atoms with Crippen molar-refractivity contribution in [1.29, 1.82) is 5.26 Å². The number of nitrogens with zero attached hydrogens (tertiary/aromatic N) is 2. The number of hydrogen-bond acceptors (Lipinski definition) is 4. The number of quaternary nitrogens is 1. The lowest BCUT2D eigenvalue weighted by atomic mass is 9.82. The summed E-state index contributed by atoms with van der Waals surface area (Å²) in [6.07, 6.45) is 9.61. The van der Waals surface area contributed by atoms with E-state index >= 15 is 0 Å². The molecule has 1 aromatic rings. The van der Waals surface area contributed by atoms with Crippen molar-refractivity contribution in [2.75, 3.05) is 0 Å². The van der Waals surface area contributed by atoms with E-state index in [1.54, 1.807) is 24.3 Å². The number of carbonyl (C=O) groups excluding carboxylic acids is 1. The first-order valence-corrected chi connectivity index (χ1v) is 10.1. The molecule has 1 heterocycles. The summed E-state index contributed by atoms with van der Waals surface area (Å²) in [5.41, 5.74) is 6.35. The Balaban J connectivity index is 1.55. The first-order valence-electron chi connectivity index (χ1n) is 9.69. The lowest BCUT2D eigenvalue weighted by molar-refractivity contribution is -0.680. The zero-order valence-corrected chi connectivity index (χ0v) is 16.0. The summed E-state index contributed by atoms with van der Waals surface area (Å²) in [6, 6.07) is 9.38. The standard InChI is InChI=1S/C20H24ClN5O/c21-16-8-4-7-15(11-16)19(27)23-18(14-5-2-1-3-6-14)17-12-26(25-24-17)20(13-22)9-10-20/h4,7-8,11-12,14,18,24-25H,1-3,5-6,9-10H2,(H,23,27)/p+1/t18-/m0/s1. The van der Waals surface area contributed by atoms with Gasteiger partial charge in [-0.15, -0.1) is 0 Å². The summed E-state index contributed by atoms with van der Waals surface area (Å²) in [7, 11) is 0. The lowest BCUT2D eigenvalue weighted by Crippen LogP contribution is -2.93. The van der Waals surface area contributed by atoms with Crippen molar-refractivity contribution < 1.29 is 10.2 Å². The molecule has 1 aliphatic heterocycles. The molecule has 0 spiro atoms. The van der Waals surface area contributed by atoms with Gasteiger partial charge in [-0.25, -0.2) is 10.4 Å². The van der Waals surface area contributed by atoms with E-state index < -0.39 is 5.54 Å². The molecule has 2 saturated carbocycles. The molecule has 0 bridgehead atoms. The van der Waals surface area contributed by atoms with E-state index in [0.717, 1.165) is 31.4 Å². The summed E-state index contributed by atoms with van der Waals surface area (Å²) in [4.78, 5) is 12.9. The summed E-state index contributed by atoms with van der Waals surface area (Å²) in [5.74, 6) is 0.297. The van der Waals surface area contributed by atoms with E-state index in [9.17, 15) is 10.1 Å². The highest BCUT2D eigenvalue weighted by Gasteiger charge is 2.51. The van der Waals surface area contributed by atoms with Gasteiger partial charge in [-0.3, -0.25) is 4.79 Å². The molecule has 4 rings (SSSR count). The molecule has 3 aliphatic rings. The summed E-state index contributed by atoms with van der Waals surface area (Å²) >= 11 is 6.05. The highest BCUT2D eigenvalue weighted by atomic mass is 35.5. The number of benzene rings is 1. The van der Waals surface area contributed by atoms with E-state index in [2.05, 4.69) is 16.9 Å². The molecule has 7 heteroatoms. The number of nitriles is 1. The summed E-state index contributed by atoms with van der Waals surface area (Å²) in [5, 5.41) is 15.2. The molecule has 6 nitrogen and oxygen atoms in total. The van der Waals surface area contributed by atoms with Gasteiger partial charge in [0.25, 0.3) is 5.91 Å². The second kappa shape index (κ2) is 7.51. The monoisotopic (exact) mass is 386 g/mol. The zero-order chi connectivity index (χ0) is 18.9. The molecule has 2 aliphatic carbocycles. The van der Waals surface area contributed by atoms with Gasteiger partial charge in [-0.2, -0.15) is 5.26 Å². The fourth-order valence-corrected chi connectivity index (χ4v) is 4.30. The number of nitrogens with two attached hydrogens (primary N) is 1. The maximum absolute atomic E-state index is 12.9. The highest BCUT2D eigenvalue weighted by molar-refractivity contribution is 6.30. The van der Waals surface area contributed by atoms with Crippen LogP contribution in [-0.4, -0.2) is 22.5 Å². The van der Waals surface area contributed by atoms with Crippen molar-refractivity contribution in [3.05, 3.63) is 46.7 Å². The van der Waals surface area contributed by atoms with Crippen molar-refractivity contribution in [2.45, 2.75) is 56.5 Å². The van der Waals surface area contributed by atoms with Gasteiger partial charge in [-0.1, -0.05) is 42.5 Å². The molecule has 1 amide bonds. The Bertz CT molecular complexity index is 792. The maximum Gasteiger partial charge on any atom is 0.252 e. The summed E-state index contributed by atoms with van der Waals surface area (Å²) in [6.45, 7) is 0. The van der Waals surface area contributed by atoms with E-state index in [1.807, 2.05) is 16.6 Å². The first-order chi connectivity index (χ1) is 13.1. The van der Waals surface area contributed by atoms with Crippen LogP contribution >= 0.6 is 11.6 Å². The van der Waals surface area contributed by atoms with Crippen molar-refractivity contribution in [3.8, 4) is 6.07 Å². The van der Waals surface area contributed by atoms with Gasteiger partial charge in [0.1, 0.15) is 11.6 Å². The van der Waals surface area contributed by atoms with Gasteiger partial charge in [0.05, 0.1) is 12.3 Å². The number of hydrogen-bond donors (Lipinski definition) is 3. The maximum atomic E-state index is 12.9. The van der Waals surface area contributed by atoms with Gasteiger partial charge in [0.2, 0.25) is 0 Å². The lowest BCUT2D eigenvalue weighted by Gasteiger charge is -2.29. The SMILES string of the molecule is N#CC1(N2C=C([C@@H](NC(=O)c3cccc(Cl)c3)C3CCCCC3)[NH2+]N2)CC1. The number of amides is 1. The molecule has 2 fully saturated rings. The molecular weight excluding hydrogens is 362 g/mol. The van der Waals surface area contributed by atoms with Crippen LogP contribution < -0.4 is 16.3 Å². The predicted octanol–water partition coefficient (Wildman–Crippen LogP) is 2.21. The van der Waals surface area contributed by atoms with Crippen LogP contribution in [0.1, 0.15) is 55.3 Å². The van der Waals surface area contributed by atoms with Gasteiger partial charge in [0, 0.05) is 10.6 Å². The molecule has 27 heavy (non-hydrogen) atoms. The number of hydrazine groups is 1. The Kier molecular flexibility index (Phi) is 5.09. The second-order valence-electron chi connectivity index (χ2n) is 7.78. The van der Waals surface area contributed by atoms with Crippen LogP contribution in [0.4, 0.5) is 0 Å². The van der Waals surface area contributed by atoms with Crippen LogP contribution in [0.25, 0.3) is 0 Å². The quantitative estimate of drug-likeness (QED) is 0.677. The Hall–Kier alpha value is -2.07. The molecule has 1 atom stereocenters. The minimum absolute atomic E-state index is 0.0659. The smallest absolute Gasteiger partial charge is 0.252 e. The largest absolute Gasteiger partial charge is 0.339 e. The third-order valence-corrected chi connectivity index (χ3v) is 6.13. The number of rotatable bonds is 5. The normalized spacial score (nSPS) is 22.7. The zero-order valence-electron chi connectivity index (χ0n) is 15.2. The molecule has 0 saturated heterocycles. The van der Waals surface area contributed by atoms with Crippen LogP contribution in [-0.2, 0) is 0 Å². The Morgan fingerprint density at radius 1 is 1.37 bits per heavy atom. The van der Waals surface area contributed by atoms with E-state index in [1.165, 1.54) is 19.3 Å². The second-order valence-corrected chi connectivity index (χ2v) is 8.21. The molecule has 1 aromatic carbocycles. The highest BCUT2D eigenvalue weighted by Crippen LogP contribution is 2.41. The average molecular weight is 387 g/mol. The van der Waals surface area contributed by atoms with E-state index in [-0.39, 0.29) is 11.9 Å². The van der Waals surface area contributed by atoms with Gasteiger partial charge in [-0.05, 0) is 49.8 Å². The Morgan fingerprint density at radius 3 is 2.81 bits per heavy atom. The van der Waals surface area contributed by atoms with Crippen molar-refractivity contribution in [1.82, 2.24) is 15.9 Å². The predicted molar refractivity (Wildman–Crippen MR) is 102 cm³/mol. The van der Waals surface area contributed by atoms with E-state index in [4.69, 9.17) is 11.6 Å². The number of nitrogens with one attached hydrogen (secondary N) is 2. The van der Waals surface area contributed by atoms with E-state index in [0.29, 0.717) is 16.5 Å². The minimum Gasteiger partial charge on any atom is -0.339 e. The Morgan fingerprint density at radius 2 is 2.15 bits per heavy atom. The third kappa shape index (κ3) is 3.81. The minimum atomic E-state index is -0.424. The average Bonchev–Trinajstić information content (AvgIpc) is 3.35. The molecule has 4 N–H and O–H groups in total. The topological polar surface area (TPSA) is 84.8 Å². The molecular formula is C20H25ClN5O+. The Labute approximate surface area is 164 Å². The molecule has 142 valence electrons. The van der Waals surface area contributed by atoms with Crippen molar-refractivity contribution in [2.24, 2.45) is 5.92 Å². The van der Waals surface area contributed by atoms with Crippen molar-refractivity contribution in [3.63, 3.8) is 0 Å². The number of halogens is 1. The fraction of sp³-hybridized carbons (Fsp3) is 0.500. The fourth-order valence-electron chi connectivity index (χ4n) is 4.11. The molecule has 0 radical (unpaired) electrons. The van der Waals surface area contributed by atoms with Crippen LogP contribution in [0.2, 0.25) is 5.02 Å². The first kappa shape index (κ1) is 18.3. The van der Waals surface area contributed by atoms with Crippen LogP contribution in [0.3, 0.4) is 0 Å².